The van der Waals surface area contributed by atoms with Crippen LogP contribution in [-0.2, 0) is 0 Å². The molecular formula is C44H31F16N2+. The summed E-state index contributed by atoms with van der Waals surface area (Å²) in [5.74, 6) is -40.3. The monoisotopic (exact) mass is 891 g/mol. The highest BCUT2D eigenvalue weighted by Crippen LogP contribution is 2.60. The lowest BCUT2D eigenvalue weighted by atomic mass is 9.88. The van der Waals surface area contributed by atoms with Crippen LogP contribution in [0.5, 0.6) is 0 Å². The predicted molar refractivity (Wildman–Crippen MR) is 200 cm³/mol. The molecule has 0 bridgehead atoms. The van der Waals surface area contributed by atoms with Crippen LogP contribution in [0.2, 0.25) is 0 Å². The highest BCUT2D eigenvalue weighted by molar-refractivity contribution is 5.90. The fourth-order valence-electron chi connectivity index (χ4n) is 8.01. The summed E-state index contributed by atoms with van der Waals surface area (Å²) in [4.78, 5) is 2.17. The van der Waals surface area contributed by atoms with Crippen LogP contribution in [0, 0.1) is 135 Å². The Balaban J connectivity index is 0.000000521. The standard InChI is InChI=1S/C33H14F16N.C11H17N/c1-9-4-10(2)30(11(3)20(9)21-12(34)5-13(35)22(42)26(21)46)50(31-17(39)6-14(36)23(43)27(31)47,32-18(40)7-15(37)24(44)28(32)48)33-19(41)8-16(38)25(45)29(33)49;1-8-6-9(2)11(12(4)5)10(3)7-8/h4-8H,1-3H3;6-7H,1-5H3/q+1;. The molecule has 6 aromatic carbocycles. The normalized spacial score (nSPS) is 11.5. The maximum absolute atomic E-state index is 16.0. The Morgan fingerprint density at radius 1 is 0.323 bits per heavy atom. The SMILES string of the molecule is Cc1cc(C)c(N(C)C)c(C)c1.Cc1cc(C)c([N+](c2c(F)cc(F)c(F)c2F)(c2c(F)cc(F)c(F)c2F)c2c(F)cc(F)c(F)c2F)c(C)c1-c1c(F)cc(F)c(F)c1F. The Labute approximate surface area is 343 Å². The van der Waals surface area contributed by atoms with Crippen molar-refractivity contribution in [1.82, 2.24) is 4.48 Å². The summed E-state index contributed by atoms with van der Waals surface area (Å²) in [5.41, 5.74) is -8.08. The molecule has 0 aliphatic carbocycles. The van der Waals surface area contributed by atoms with Gasteiger partial charge < -0.3 is 4.90 Å². The fourth-order valence-corrected chi connectivity index (χ4v) is 8.01. The number of hydrogen-bond acceptors (Lipinski definition) is 1. The third-order valence-corrected chi connectivity index (χ3v) is 9.99. The summed E-state index contributed by atoms with van der Waals surface area (Å²) in [7, 11) is 4.18. The maximum Gasteiger partial charge on any atom is 0.226 e. The van der Waals surface area contributed by atoms with Crippen LogP contribution in [0.15, 0.2) is 42.5 Å². The molecule has 0 aliphatic heterocycles. The second-order valence-electron chi connectivity index (χ2n) is 14.5. The zero-order valence-electron chi connectivity index (χ0n) is 33.5. The molecule has 0 atom stereocenters. The van der Waals surface area contributed by atoms with Crippen molar-refractivity contribution in [2.45, 2.75) is 41.5 Å². The number of aryl methyl sites for hydroxylation is 5. The second kappa shape index (κ2) is 17.0. The minimum absolute atomic E-state index is 0.188. The van der Waals surface area contributed by atoms with E-state index >= 15 is 35.1 Å². The van der Waals surface area contributed by atoms with Gasteiger partial charge in [0, 0.05) is 55.2 Å². The van der Waals surface area contributed by atoms with E-state index < -0.39 is 166 Å². The molecule has 0 N–H and O–H groups in total. The first-order valence-corrected chi connectivity index (χ1v) is 17.8. The van der Waals surface area contributed by atoms with Crippen LogP contribution in [0.4, 0.5) is 98.7 Å². The Morgan fingerprint density at radius 2 is 0.661 bits per heavy atom. The van der Waals surface area contributed by atoms with E-state index in [1.165, 1.54) is 22.4 Å². The molecule has 2 nitrogen and oxygen atoms in total. The molecule has 0 aromatic heterocycles. The summed E-state index contributed by atoms with van der Waals surface area (Å²) in [6, 6.07) is 3.34. The summed E-state index contributed by atoms with van der Waals surface area (Å²) < 4.78 is 240. The molecule has 0 saturated heterocycles. The predicted octanol–water partition coefficient (Wildman–Crippen LogP) is 14.5. The Bertz CT molecular complexity index is 2640. The van der Waals surface area contributed by atoms with Crippen molar-refractivity contribution < 1.29 is 70.2 Å². The number of anilines is 1. The minimum Gasteiger partial charge on any atom is -0.377 e. The zero-order chi connectivity index (χ0) is 46.8. The second-order valence-corrected chi connectivity index (χ2v) is 14.5. The van der Waals surface area contributed by atoms with Crippen LogP contribution in [0.3, 0.4) is 0 Å². The number of benzene rings is 6. The van der Waals surface area contributed by atoms with Gasteiger partial charge in [0.05, 0.1) is 5.56 Å². The molecular weight excluding hydrogens is 860 g/mol. The van der Waals surface area contributed by atoms with E-state index in [0.717, 1.165) is 13.8 Å². The maximum atomic E-state index is 16.0. The fraction of sp³-hybridized carbons (Fsp3) is 0.182. The van der Waals surface area contributed by atoms with Crippen LogP contribution in [0.25, 0.3) is 11.1 Å². The van der Waals surface area contributed by atoms with E-state index in [1.54, 1.807) is 0 Å². The summed E-state index contributed by atoms with van der Waals surface area (Å²) >= 11 is 0. The highest BCUT2D eigenvalue weighted by Gasteiger charge is 2.56. The molecule has 0 heterocycles. The van der Waals surface area contributed by atoms with Gasteiger partial charge in [-0.15, -0.1) is 0 Å². The quantitative estimate of drug-likeness (QED) is 0.0697. The lowest BCUT2D eigenvalue weighted by Crippen LogP contribution is -2.41. The van der Waals surface area contributed by atoms with Gasteiger partial charge in [-0.3, -0.25) is 0 Å². The third-order valence-electron chi connectivity index (χ3n) is 9.99. The van der Waals surface area contributed by atoms with Crippen LogP contribution >= 0.6 is 0 Å². The van der Waals surface area contributed by atoms with Gasteiger partial charge in [-0.25, -0.2) is 57.1 Å². The molecule has 0 fully saturated rings. The van der Waals surface area contributed by atoms with Crippen molar-refractivity contribution in [3.05, 3.63) is 169 Å². The first kappa shape index (κ1) is 47.0. The number of halogens is 16. The molecule has 0 amide bonds. The van der Waals surface area contributed by atoms with Gasteiger partial charge in [0.25, 0.3) is 0 Å². The first-order chi connectivity index (χ1) is 28.7. The van der Waals surface area contributed by atoms with Crippen molar-refractivity contribution in [3.63, 3.8) is 0 Å². The average molecular weight is 892 g/mol. The van der Waals surface area contributed by atoms with E-state index in [2.05, 4.69) is 51.9 Å². The Hall–Kier alpha value is -6.04. The largest absolute Gasteiger partial charge is 0.377 e. The van der Waals surface area contributed by atoms with Gasteiger partial charge in [0.15, 0.2) is 58.0 Å². The molecule has 0 spiro atoms. The molecule has 6 rings (SSSR count). The Kier molecular flexibility index (Phi) is 12.9. The summed E-state index contributed by atoms with van der Waals surface area (Å²) in [6.07, 6.45) is 0. The van der Waals surface area contributed by atoms with Gasteiger partial charge in [-0.05, 0) is 69.9 Å². The lowest BCUT2D eigenvalue weighted by Gasteiger charge is -2.40. The Morgan fingerprint density at radius 3 is 1.02 bits per heavy atom. The zero-order valence-corrected chi connectivity index (χ0v) is 33.5. The highest BCUT2D eigenvalue weighted by atomic mass is 19.2. The van der Waals surface area contributed by atoms with Gasteiger partial charge in [-0.1, -0.05) is 17.7 Å². The smallest absolute Gasteiger partial charge is 0.226 e. The number of quaternary nitrogens is 1. The van der Waals surface area contributed by atoms with Crippen molar-refractivity contribution in [2.24, 2.45) is 0 Å². The topological polar surface area (TPSA) is 3.24 Å². The molecule has 18 heteroatoms. The van der Waals surface area contributed by atoms with E-state index in [4.69, 9.17) is 0 Å². The van der Waals surface area contributed by atoms with Gasteiger partial charge in [0.2, 0.25) is 52.0 Å². The number of nitrogens with zero attached hydrogens (tertiary/aromatic N) is 2. The van der Waals surface area contributed by atoms with E-state index in [9.17, 15) is 35.1 Å². The molecule has 328 valence electrons. The van der Waals surface area contributed by atoms with E-state index in [1.807, 2.05) is 0 Å². The average Bonchev–Trinajstić information content (AvgIpc) is 3.15. The van der Waals surface area contributed by atoms with Crippen molar-refractivity contribution >= 4 is 28.4 Å². The van der Waals surface area contributed by atoms with Crippen LogP contribution in [0.1, 0.15) is 33.4 Å². The van der Waals surface area contributed by atoms with E-state index in [0.29, 0.717) is 13.0 Å². The van der Waals surface area contributed by atoms with Crippen molar-refractivity contribution in [3.8, 4) is 11.1 Å². The molecule has 0 saturated carbocycles. The van der Waals surface area contributed by atoms with Gasteiger partial charge >= 0.3 is 0 Å². The lowest BCUT2D eigenvalue weighted by molar-refractivity contribution is 0.386. The molecule has 0 aliphatic rings. The number of hydrogen-bond donors (Lipinski definition) is 0. The molecule has 0 radical (unpaired) electrons. The van der Waals surface area contributed by atoms with E-state index in [-0.39, 0.29) is 6.07 Å². The van der Waals surface area contributed by atoms with Gasteiger partial charge in [-0.2, -0.15) is 17.7 Å². The first-order valence-electron chi connectivity index (χ1n) is 17.8. The minimum atomic E-state index is -3.32. The summed E-state index contributed by atoms with van der Waals surface area (Å²) in [6.45, 7) is 8.91. The van der Waals surface area contributed by atoms with Crippen molar-refractivity contribution in [2.75, 3.05) is 19.0 Å². The molecule has 0 unspecified atom stereocenters. The van der Waals surface area contributed by atoms with Crippen LogP contribution in [-0.4, -0.2) is 14.1 Å². The van der Waals surface area contributed by atoms with Crippen molar-refractivity contribution in [1.29, 1.82) is 0 Å². The molecule has 62 heavy (non-hydrogen) atoms. The molecule has 6 aromatic rings. The summed E-state index contributed by atoms with van der Waals surface area (Å²) in [5, 5.41) is 0. The number of rotatable bonds is 6. The van der Waals surface area contributed by atoms with Crippen LogP contribution < -0.4 is 9.38 Å². The van der Waals surface area contributed by atoms with Gasteiger partial charge in [0.1, 0.15) is 5.82 Å². The third kappa shape index (κ3) is 7.51.